The number of unbranched alkanes of at least 4 members (excludes halogenated alkanes) is 1. The molecule has 1 aliphatic carbocycles. The molecule has 6 rings (SSSR count). The SMILES string of the molecule is CN(CCCCO)C(=O)CO[C@H]1Cc2ccccc2C12CCN(CC[C@@]1(c3ccc(Cl)c(Cl)c3)CN(C(=O)c3cc(C(F)(F)F)cc(C(F)(F)F)c3)CCO1)CC2.O=C(O)C=CC(=O)O. The molecule has 2 aliphatic heterocycles. The Morgan fingerprint density at radius 2 is 1.51 bits per heavy atom. The number of carboxylic acid groups (broad SMARTS) is 2. The Morgan fingerprint density at radius 3 is 2.09 bits per heavy atom. The minimum Gasteiger partial charge on any atom is -0.478 e. The average Bonchev–Trinajstić information content (AvgIpc) is 3.56. The number of likely N-dealkylation sites (N-methyl/N-ethyl adjacent to an activating group) is 1. The molecule has 3 aromatic rings. The van der Waals surface area contributed by atoms with E-state index in [1.807, 2.05) is 12.1 Å². The summed E-state index contributed by atoms with van der Waals surface area (Å²) in [6.07, 6.45) is -5.57. The highest BCUT2D eigenvalue weighted by molar-refractivity contribution is 6.42. The molecule has 12 nitrogen and oxygen atoms in total. The summed E-state index contributed by atoms with van der Waals surface area (Å²) in [6.45, 7) is 2.07. The van der Waals surface area contributed by atoms with Gasteiger partial charge in [-0.15, -0.1) is 0 Å². The first-order chi connectivity index (χ1) is 30.6. The molecule has 20 heteroatoms. The van der Waals surface area contributed by atoms with Crippen molar-refractivity contribution >= 4 is 47.0 Å². The smallest absolute Gasteiger partial charge is 0.416 e. The summed E-state index contributed by atoms with van der Waals surface area (Å²) in [5.41, 5.74) is -2.47. The summed E-state index contributed by atoms with van der Waals surface area (Å²) in [5, 5.41) is 25.2. The van der Waals surface area contributed by atoms with Crippen molar-refractivity contribution in [2.24, 2.45) is 0 Å². The predicted molar refractivity (Wildman–Crippen MR) is 227 cm³/mol. The standard InChI is InChI=1S/C41H45Cl2F6N3O5.C4H4O4/c1-50(13-4-5-18-53)36(54)25-56-35-22-27-6-2-3-7-32(27)38(35)10-14-51(15-11-38)16-12-39(29-8-9-33(42)34(43)24-29)26-52(17-19-57-39)37(55)28-20-30(40(44,45)46)23-31(21-28)41(47,48)49;5-3(6)1-2-4(7)8/h2-3,6-9,20-21,23-24,35,53H,4-5,10-19,22,25-26H2,1H3;1-2H,(H,5,6)(H,7,8)/t35-,39-;/m0./s1. The summed E-state index contributed by atoms with van der Waals surface area (Å²) in [7, 11) is 1.73. The first-order valence-corrected chi connectivity index (χ1v) is 21.4. The zero-order valence-electron chi connectivity index (χ0n) is 35.3. The van der Waals surface area contributed by atoms with Crippen LogP contribution in [0, 0.1) is 0 Å². The van der Waals surface area contributed by atoms with Crippen molar-refractivity contribution in [3.63, 3.8) is 0 Å². The summed E-state index contributed by atoms with van der Waals surface area (Å²) >= 11 is 12.7. The van der Waals surface area contributed by atoms with Gasteiger partial charge in [-0.25, -0.2) is 9.59 Å². The lowest BCUT2D eigenvalue weighted by Gasteiger charge is -2.46. The number of halogens is 8. The Morgan fingerprint density at radius 1 is 0.877 bits per heavy atom. The van der Waals surface area contributed by atoms with Crippen molar-refractivity contribution in [2.45, 2.75) is 68.0 Å². The van der Waals surface area contributed by atoms with E-state index >= 15 is 0 Å². The molecule has 0 saturated carbocycles. The van der Waals surface area contributed by atoms with E-state index in [9.17, 15) is 45.5 Å². The molecule has 2 heterocycles. The minimum atomic E-state index is -5.11. The number of morpholine rings is 1. The number of ether oxygens (including phenoxy) is 2. The molecule has 0 aromatic heterocycles. The monoisotopic (exact) mass is 959 g/mol. The van der Waals surface area contributed by atoms with Gasteiger partial charge in [0.05, 0.1) is 40.4 Å². The molecule has 3 aliphatic rings. The molecule has 354 valence electrons. The number of carbonyl (C=O) groups is 4. The van der Waals surface area contributed by atoms with E-state index in [1.54, 1.807) is 30.1 Å². The zero-order valence-corrected chi connectivity index (χ0v) is 36.8. The largest absolute Gasteiger partial charge is 0.478 e. The van der Waals surface area contributed by atoms with Gasteiger partial charge in [-0.3, -0.25) is 9.59 Å². The number of likely N-dealkylation sites (tertiary alicyclic amines) is 1. The number of fused-ring (bicyclic) bond motifs is 2. The highest BCUT2D eigenvalue weighted by atomic mass is 35.5. The summed E-state index contributed by atoms with van der Waals surface area (Å²) in [4.78, 5) is 51.0. The van der Waals surface area contributed by atoms with Crippen LogP contribution in [-0.4, -0.2) is 126 Å². The molecule has 2 atom stereocenters. The first kappa shape index (κ1) is 51.3. The maximum atomic E-state index is 13.8. The number of carboxylic acids is 2. The van der Waals surface area contributed by atoms with Gasteiger partial charge in [0.2, 0.25) is 5.91 Å². The topological polar surface area (TPSA) is 157 Å². The number of aliphatic hydroxyl groups is 1. The summed E-state index contributed by atoms with van der Waals surface area (Å²) in [5.74, 6) is -3.63. The number of hydrogen-bond donors (Lipinski definition) is 3. The van der Waals surface area contributed by atoms with Crippen LogP contribution in [0.2, 0.25) is 10.0 Å². The Bertz CT molecular complexity index is 2170. The highest BCUT2D eigenvalue weighted by Crippen LogP contribution is 2.48. The maximum Gasteiger partial charge on any atom is 0.416 e. The van der Waals surface area contributed by atoms with Crippen molar-refractivity contribution in [2.75, 3.05) is 66.1 Å². The second-order valence-electron chi connectivity index (χ2n) is 16.2. The third kappa shape index (κ3) is 13.0. The number of aliphatic hydroxyl groups excluding tert-OH is 1. The van der Waals surface area contributed by atoms with E-state index in [4.69, 9.17) is 48.0 Å². The predicted octanol–water partition coefficient (Wildman–Crippen LogP) is 7.71. The molecule has 0 unspecified atom stereocenters. The van der Waals surface area contributed by atoms with E-state index < -0.39 is 52.5 Å². The van der Waals surface area contributed by atoms with E-state index in [0.29, 0.717) is 81.7 Å². The number of carbonyl (C=O) groups excluding carboxylic acids is 2. The maximum absolute atomic E-state index is 13.8. The van der Waals surface area contributed by atoms with Crippen molar-refractivity contribution in [1.82, 2.24) is 14.7 Å². The van der Waals surface area contributed by atoms with Crippen LogP contribution in [0.15, 0.2) is 72.8 Å². The fraction of sp³-hybridized carbons (Fsp3) is 0.467. The van der Waals surface area contributed by atoms with E-state index in [-0.39, 0.29) is 66.4 Å². The second-order valence-corrected chi connectivity index (χ2v) is 17.0. The summed E-state index contributed by atoms with van der Waals surface area (Å²) < 4.78 is 95.1. The van der Waals surface area contributed by atoms with Crippen molar-refractivity contribution in [3.05, 3.63) is 116 Å². The van der Waals surface area contributed by atoms with Crippen molar-refractivity contribution < 1.29 is 70.3 Å². The Balaban J connectivity index is 0.000000905. The van der Waals surface area contributed by atoms with Crippen LogP contribution in [0.3, 0.4) is 0 Å². The number of hydrogen-bond acceptors (Lipinski definition) is 8. The van der Waals surface area contributed by atoms with Gasteiger partial charge in [-0.05, 0) is 98.6 Å². The first-order valence-electron chi connectivity index (χ1n) is 20.7. The van der Waals surface area contributed by atoms with Crippen LogP contribution in [-0.2, 0) is 53.6 Å². The molecule has 3 aromatic carbocycles. The molecule has 1 spiro atoms. The fourth-order valence-corrected chi connectivity index (χ4v) is 8.85. The fourth-order valence-electron chi connectivity index (χ4n) is 8.56. The lowest BCUT2D eigenvalue weighted by Crippen LogP contribution is -2.54. The molecule has 0 radical (unpaired) electrons. The van der Waals surface area contributed by atoms with Crippen LogP contribution < -0.4 is 0 Å². The third-order valence-electron chi connectivity index (χ3n) is 12.0. The van der Waals surface area contributed by atoms with Gasteiger partial charge in [0.25, 0.3) is 5.91 Å². The molecule has 2 amide bonds. The lowest BCUT2D eigenvalue weighted by molar-refractivity contribution is -0.143. The number of benzene rings is 3. The summed E-state index contributed by atoms with van der Waals surface area (Å²) in [6, 6.07) is 14.0. The molecular formula is C45H49Cl2F6N3O9. The quantitative estimate of drug-likeness (QED) is 0.0831. The van der Waals surface area contributed by atoms with Crippen LogP contribution in [0.5, 0.6) is 0 Å². The number of nitrogens with zero attached hydrogens (tertiary/aromatic N) is 3. The number of alkyl halides is 6. The van der Waals surface area contributed by atoms with Gasteiger partial charge in [-0.2, -0.15) is 26.3 Å². The number of rotatable bonds is 14. The molecule has 0 bridgehead atoms. The number of aliphatic carboxylic acids is 2. The second kappa shape index (κ2) is 21.7. The zero-order chi connectivity index (χ0) is 47.7. The highest BCUT2D eigenvalue weighted by Gasteiger charge is 2.50. The minimum absolute atomic E-state index is 0.00191. The van der Waals surface area contributed by atoms with Gasteiger partial charge in [-0.1, -0.05) is 53.5 Å². The van der Waals surface area contributed by atoms with Crippen LogP contribution in [0.4, 0.5) is 26.3 Å². The third-order valence-corrected chi connectivity index (χ3v) is 12.8. The van der Waals surface area contributed by atoms with Crippen LogP contribution >= 0.6 is 23.2 Å². The van der Waals surface area contributed by atoms with Crippen molar-refractivity contribution in [3.8, 4) is 0 Å². The van der Waals surface area contributed by atoms with Crippen molar-refractivity contribution in [1.29, 1.82) is 0 Å². The number of amides is 2. The van der Waals surface area contributed by atoms with E-state index in [2.05, 4.69) is 17.0 Å². The van der Waals surface area contributed by atoms with E-state index in [0.717, 1.165) is 12.8 Å². The molecular weight excluding hydrogens is 911 g/mol. The van der Waals surface area contributed by atoms with Gasteiger partial charge >= 0.3 is 24.3 Å². The molecule has 3 N–H and O–H groups in total. The van der Waals surface area contributed by atoms with Gasteiger partial charge in [0.1, 0.15) is 12.2 Å². The van der Waals surface area contributed by atoms with Gasteiger partial charge in [0.15, 0.2) is 0 Å². The molecule has 65 heavy (non-hydrogen) atoms. The lowest BCUT2D eigenvalue weighted by atomic mass is 9.72. The molecule has 2 saturated heterocycles. The Hall–Kier alpha value is -4.72. The van der Waals surface area contributed by atoms with Gasteiger partial charge in [0, 0.05) is 56.4 Å². The number of piperidine rings is 1. The van der Waals surface area contributed by atoms with E-state index in [1.165, 1.54) is 16.0 Å². The Labute approximate surface area is 381 Å². The Kier molecular flexibility index (Phi) is 17.1. The van der Waals surface area contributed by atoms with Crippen LogP contribution in [0.25, 0.3) is 0 Å². The van der Waals surface area contributed by atoms with Crippen LogP contribution in [0.1, 0.15) is 70.3 Å². The van der Waals surface area contributed by atoms with Gasteiger partial charge < -0.3 is 39.5 Å². The molecule has 2 fully saturated rings. The normalized spacial score (nSPS) is 19.7. The average molecular weight is 961 g/mol.